The molecular weight excluding hydrogens is 317 g/mol. The first-order valence-corrected chi connectivity index (χ1v) is 8.75. The topological polar surface area (TPSA) is 37.4 Å². The van der Waals surface area contributed by atoms with Gasteiger partial charge in [-0.3, -0.25) is 0 Å². The molecule has 1 aromatic heterocycles. The second-order valence-electron chi connectivity index (χ2n) is 6.83. The number of aromatic nitrogens is 1. The molecule has 4 nitrogen and oxygen atoms in total. The molecule has 1 heterocycles. The Kier molecular flexibility index (Phi) is 5.66. The van der Waals surface area contributed by atoms with E-state index in [4.69, 9.17) is 4.74 Å². The average molecular weight is 343 g/mol. The number of likely N-dealkylation sites (N-methyl/N-ethyl adjacent to an activating group) is 1. The van der Waals surface area contributed by atoms with Crippen molar-refractivity contribution in [3.63, 3.8) is 0 Å². The summed E-state index contributed by atoms with van der Waals surface area (Å²) in [5.41, 5.74) is 2.36. The van der Waals surface area contributed by atoms with E-state index >= 15 is 0 Å². The molecule has 1 aliphatic carbocycles. The summed E-state index contributed by atoms with van der Waals surface area (Å²) in [6.45, 7) is 3.14. The van der Waals surface area contributed by atoms with Crippen LogP contribution in [0.4, 0.5) is 10.2 Å². The number of benzene rings is 1. The predicted molar refractivity (Wildman–Crippen MR) is 98.4 cm³/mol. The zero-order valence-corrected chi connectivity index (χ0v) is 15.0. The maximum atomic E-state index is 13.5. The van der Waals surface area contributed by atoms with Gasteiger partial charge >= 0.3 is 0 Å². The molecule has 3 rings (SSSR count). The van der Waals surface area contributed by atoms with Crippen LogP contribution in [0.5, 0.6) is 0 Å². The van der Waals surface area contributed by atoms with E-state index in [1.807, 2.05) is 25.4 Å². The highest BCUT2D eigenvalue weighted by Crippen LogP contribution is 2.47. The third-order valence-corrected chi connectivity index (χ3v) is 4.91. The number of nitrogens with zero attached hydrogens (tertiary/aromatic N) is 2. The van der Waals surface area contributed by atoms with Gasteiger partial charge < -0.3 is 15.0 Å². The monoisotopic (exact) mass is 343 g/mol. The Morgan fingerprint density at radius 3 is 2.76 bits per heavy atom. The molecule has 1 fully saturated rings. The van der Waals surface area contributed by atoms with Crippen molar-refractivity contribution in [1.29, 1.82) is 0 Å². The maximum Gasteiger partial charge on any atom is 0.128 e. The van der Waals surface area contributed by atoms with E-state index in [2.05, 4.69) is 21.3 Å². The molecule has 2 aromatic rings. The van der Waals surface area contributed by atoms with E-state index in [0.717, 1.165) is 49.4 Å². The van der Waals surface area contributed by atoms with Gasteiger partial charge in [0.15, 0.2) is 0 Å². The van der Waals surface area contributed by atoms with Crippen LogP contribution in [0.1, 0.15) is 24.0 Å². The molecule has 0 bridgehead atoms. The van der Waals surface area contributed by atoms with Gasteiger partial charge in [0.2, 0.25) is 0 Å². The molecule has 0 saturated heterocycles. The van der Waals surface area contributed by atoms with Gasteiger partial charge in [-0.2, -0.15) is 0 Å². The van der Waals surface area contributed by atoms with Gasteiger partial charge in [-0.15, -0.1) is 0 Å². The fourth-order valence-corrected chi connectivity index (χ4v) is 3.07. The van der Waals surface area contributed by atoms with Gasteiger partial charge in [0, 0.05) is 45.4 Å². The zero-order chi connectivity index (χ0) is 17.7. The molecule has 0 amide bonds. The van der Waals surface area contributed by atoms with Crippen LogP contribution < -0.4 is 10.2 Å². The molecule has 0 radical (unpaired) electrons. The first-order chi connectivity index (χ1) is 12.1. The molecule has 0 atom stereocenters. The minimum absolute atomic E-state index is 0.107. The molecule has 1 N–H and O–H groups in total. The number of rotatable bonds is 9. The van der Waals surface area contributed by atoms with Gasteiger partial charge in [-0.25, -0.2) is 9.37 Å². The number of halogens is 1. The van der Waals surface area contributed by atoms with Gasteiger partial charge in [-0.05, 0) is 42.2 Å². The van der Waals surface area contributed by atoms with Crippen LogP contribution in [0.2, 0.25) is 0 Å². The van der Waals surface area contributed by atoms with E-state index in [0.29, 0.717) is 6.61 Å². The Morgan fingerprint density at radius 2 is 2.12 bits per heavy atom. The summed E-state index contributed by atoms with van der Waals surface area (Å²) < 4.78 is 18.5. The standard InChI is InChI=1S/C20H26FN3O/c1-24(10-11-25-2)19-7-6-16(14-23-19)13-22-15-20(8-9-20)17-4-3-5-18(21)12-17/h3-7,12,14,22H,8-11,13,15H2,1-2H3. The molecule has 1 saturated carbocycles. The lowest BCUT2D eigenvalue weighted by Crippen LogP contribution is -2.27. The molecule has 25 heavy (non-hydrogen) atoms. The third-order valence-electron chi connectivity index (χ3n) is 4.91. The number of anilines is 1. The summed E-state index contributed by atoms with van der Waals surface area (Å²) in [6, 6.07) is 11.1. The molecule has 0 aliphatic heterocycles. The van der Waals surface area contributed by atoms with Crippen LogP contribution in [-0.2, 0) is 16.7 Å². The quantitative estimate of drug-likeness (QED) is 0.759. The highest BCUT2D eigenvalue weighted by atomic mass is 19.1. The second kappa shape index (κ2) is 7.93. The van der Waals surface area contributed by atoms with Crippen molar-refractivity contribution < 1.29 is 9.13 Å². The molecule has 1 aliphatic rings. The van der Waals surface area contributed by atoms with Gasteiger partial charge in [0.05, 0.1) is 6.61 Å². The molecule has 134 valence electrons. The van der Waals surface area contributed by atoms with E-state index in [-0.39, 0.29) is 11.2 Å². The summed E-state index contributed by atoms with van der Waals surface area (Å²) in [7, 11) is 3.71. The second-order valence-corrected chi connectivity index (χ2v) is 6.83. The van der Waals surface area contributed by atoms with Crippen molar-refractivity contribution >= 4 is 5.82 Å². The summed E-state index contributed by atoms with van der Waals surface area (Å²) in [6.07, 6.45) is 4.14. The van der Waals surface area contributed by atoms with Crippen LogP contribution in [0.3, 0.4) is 0 Å². The minimum atomic E-state index is -0.152. The van der Waals surface area contributed by atoms with Crippen molar-refractivity contribution in [2.24, 2.45) is 0 Å². The smallest absolute Gasteiger partial charge is 0.128 e. The normalized spacial score (nSPS) is 15.2. The largest absolute Gasteiger partial charge is 0.383 e. The fraction of sp³-hybridized carbons (Fsp3) is 0.450. The number of ether oxygens (including phenoxy) is 1. The summed E-state index contributed by atoms with van der Waals surface area (Å²) in [5.74, 6) is 0.792. The highest BCUT2D eigenvalue weighted by Gasteiger charge is 2.43. The van der Waals surface area contributed by atoms with Crippen LogP contribution >= 0.6 is 0 Å². The first-order valence-electron chi connectivity index (χ1n) is 8.75. The van der Waals surface area contributed by atoms with Gasteiger partial charge in [0.25, 0.3) is 0 Å². The lowest BCUT2D eigenvalue weighted by molar-refractivity contribution is 0.206. The number of hydrogen-bond acceptors (Lipinski definition) is 4. The fourth-order valence-electron chi connectivity index (χ4n) is 3.07. The lowest BCUT2D eigenvalue weighted by atomic mass is 9.96. The Bertz CT molecular complexity index is 686. The Balaban J connectivity index is 1.51. The van der Waals surface area contributed by atoms with Crippen molar-refractivity contribution in [2.75, 3.05) is 38.8 Å². The average Bonchev–Trinajstić information content (AvgIpc) is 3.41. The molecule has 5 heteroatoms. The van der Waals surface area contributed by atoms with Crippen LogP contribution in [0, 0.1) is 5.82 Å². The minimum Gasteiger partial charge on any atom is -0.383 e. The number of nitrogens with one attached hydrogen (secondary N) is 1. The third kappa shape index (κ3) is 4.55. The lowest BCUT2D eigenvalue weighted by Gasteiger charge is -2.18. The van der Waals surface area contributed by atoms with E-state index in [1.54, 1.807) is 19.2 Å². The molecule has 0 spiro atoms. The Hall–Kier alpha value is -1.98. The van der Waals surface area contributed by atoms with Gasteiger partial charge in [-0.1, -0.05) is 18.2 Å². The van der Waals surface area contributed by atoms with E-state index < -0.39 is 0 Å². The summed E-state index contributed by atoms with van der Waals surface area (Å²) >= 11 is 0. The number of pyridine rings is 1. The van der Waals surface area contributed by atoms with Crippen molar-refractivity contribution in [2.45, 2.75) is 24.8 Å². The van der Waals surface area contributed by atoms with Crippen LogP contribution in [0.25, 0.3) is 0 Å². The van der Waals surface area contributed by atoms with Crippen molar-refractivity contribution in [3.8, 4) is 0 Å². The van der Waals surface area contributed by atoms with E-state index in [9.17, 15) is 4.39 Å². The SMILES string of the molecule is COCCN(C)c1ccc(CNCC2(c3cccc(F)c3)CC2)cn1. The van der Waals surface area contributed by atoms with Crippen molar-refractivity contribution in [3.05, 3.63) is 59.5 Å². The number of methoxy groups -OCH3 is 1. The zero-order valence-electron chi connectivity index (χ0n) is 15.0. The Morgan fingerprint density at radius 1 is 1.28 bits per heavy atom. The van der Waals surface area contributed by atoms with Crippen LogP contribution in [-0.4, -0.2) is 38.8 Å². The maximum absolute atomic E-state index is 13.5. The van der Waals surface area contributed by atoms with Crippen LogP contribution in [0.15, 0.2) is 42.6 Å². The van der Waals surface area contributed by atoms with Crippen molar-refractivity contribution in [1.82, 2.24) is 10.3 Å². The number of hydrogen-bond donors (Lipinski definition) is 1. The predicted octanol–water partition coefficient (Wildman–Crippen LogP) is 3.12. The molecular formula is C20H26FN3O. The van der Waals surface area contributed by atoms with Gasteiger partial charge in [0.1, 0.15) is 11.6 Å². The molecule has 0 unspecified atom stereocenters. The Labute approximate surface area is 149 Å². The first kappa shape index (κ1) is 17.8. The van der Waals surface area contributed by atoms with E-state index in [1.165, 1.54) is 6.07 Å². The summed E-state index contributed by atoms with van der Waals surface area (Å²) in [4.78, 5) is 6.59. The highest BCUT2D eigenvalue weighted by molar-refractivity contribution is 5.38. The summed E-state index contributed by atoms with van der Waals surface area (Å²) in [5, 5.41) is 3.51. The molecule has 1 aromatic carbocycles.